The van der Waals surface area contributed by atoms with Crippen molar-refractivity contribution in [3.05, 3.63) is 57.6 Å². The van der Waals surface area contributed by atoms with E-state index in [1.807, 2.05) is 0 Å². The molecule has 0 bridgehead atoms. The average Bonchev–Trinajstić information content (AvgIpc) is 2.53. The van der Waals surface area contributed by atoms with Gasteiger partial charge >= 0.3 is 18.3 Å². The second-order valence-electron chi connectivity index (χ2n) is 5.81. The van der Waals surface area contributed by atoms with Gasteiger partial charge in [-0.2, -0.15) is 35.1 Å². The van der Waals surface area contributed by atoms with Gasteiger partial charge in [-0.1, -0.05) is 35.0 Å². The van der Waals surface area contributed by atoms with Crippen LogP contribution in [-0.2, 0) is 18.8 Å². The number of benzene rings is 2. The largest absolute Gasteiger partial charge is 0.458 e. The van der Waals surface area contributed by atoms with Crippen LogP contribution in [0.3, 0.4) is 0 Å². The quantitative estimate of drug-likeness (QED) is 0.422. The van der Waals surface area contributed by atoms with Crippen LogP contribution in [0, 0.1) is 6.07 Å². The molecule has 0 N–H and O–H groups in total. The predicted octanol–water partition coefficient (Wildman–Crippen LogP) is 7.24. The number of halogens is 9. The second kappa shape index (κ2) is 7.41. The molecule has 0 heterocycles. The summed E-state index contributed by atoms with van der Waals surface area (Å²) >= 11 is 3.03. The number of aryl methyl sites for hydroxylation is 1. The van der Waals surface area contributed by atoms with Crippen LogP contribution in [0.15, 0.2) is 34.8 Å². The van der Waals surface area contributed by atoms with Crippen LogP contribution in [0.5, 0.6) is 0 Å². The summed E-state index contributed by atoms with van der Waals surface area (Å²) in [6.45, 7) is 1.71. The van der Waals surface area contributed by atoms with Crippen LogP contribution in [0.1, 0.15) is 23.6 Å². The Hall–Kier alpha value is -1.64. The van der Waals surface area contributed by atoms with E-state index in [1.54, 1.807) is 6.92 Å². The molecule has 147 valence electrons. The molecule has 2 aromatic carbocycles. The van der Waals surface area contributed by atoms with E-state index in [0.717, 1.165) is 12.1 Å². The molecule has 0 fully saturated rings. The Kier molecular flexibility index (Phi) is 5.94. The average molecular weight is 460 g/mol. The van der Waals surface area contributed by atoms with Gasteiger partial charge in [0.25, 0.3) is 0 Å². The summed E-state index contributed by atoms with van der Waals surface area (Å²) in [5.41, 5.74) is -1.38. The molecule has 2 rings (SSSR count). The SMILES string of the molecule is CCc1[c]cc(CC(F)(F)F)c(-c2cc(C(F)(F)C(F)(F)F)ccc2Br)c1. The van der Waals surface area contributed by atoms with E-state index in [1.165, 1.54) is 6.07 Å². The van der Waals surface area contributed by atoms with Crippen molar-refractivity contribution in [3.63, 3.8) is 0 Å². The van der Waals surface area contributed by atoms with Crippen LogP contribution >= 0.6 is 15.9 Å². The third kappa shape index (κ3) is 4.80. The lowest BCUT2D eigenvalue weighted by Gasteiger charge is -2.21. The van der Waals surface area contributed by atoms with E-state index in [2.05, 4.69) is 22.0 Å². The van der Waals surface area contributed by atoms with Gasteiger partial charge in [-0.05, 0) is 52.9 Å². The molecule has 0 nitrogen and oxygen atoms in total. The monoisotopic (exact) mass is 459 g/mol. The molecular weight excluding hydrogens is 448 g/mol. The van der Waals surface area contributed by atoms with Crippen molar-refractivity contribution < 1.29 is 35.1 Å². The third-order valence-corrected chi connectivity index (χ3v) is 4.53. The van der Waals surface area contributed by atoms with E-state index in [4.69, 9.17) is 0 Å². The maximum atomic E-state index is 13.7. The first-order valence-electron chi connectivity index (χ1n) is 7.61. The first-order chi connectivity index (χ1) is 12.3. The number of rotatable bonds is 4. The molecular formula is C18H12BrF8. The number of alkyl halides is 8. The molecule has 0 unspecified atom stereocenters. The molecule has 0 aromatic heterocycles. The molecule has 0 spiro atoms. The highest BCUT2D eigenvalue weighted by Crippen LogP contribution is 2.46. The van der Waals surface area contributed by atoms with Gasteiger partial charge < -0.3 is 0 Å². The minimum Gasteiger partial charge on any atom is -0.191 e. The Morgan fingerprint density at radius 3 is 2.07 bits per heavy atom. The van der Waals surface area contributed by atoms with Gasteiger partial charge in [-0.15, -0.1) is 0 Å². The summed E-state index contributed by atoms with van der Waals surface area (Å²) in [7, 11) is 0. The van der Waals surface area contributed by atoms with Crippen LogP contribution in [0.4, 0.5) is 35.1 Å². The third-order valence-electron chi connectivity index (χ3n) is 3.84. The van der Waals surface area contributed by atoms with E-state index in [0.29, 0.717) is 24.1 Å². The second-order valence-corrected chi connectivity index (χ2v) is 6.66. The van der Waals surface area contributed by atoms with Crippen LogP contribution in [-0.4, -0.2) is 12.4 Å². The molecule has 9 heteroatoms. The zero-order chi connectivity index (χ0) is 20.6. The lowest BCUT2D eigenvalue weighted by molar-refractivity contribution is -0.289. The fraction of sp³-hybridized carbons (Fsp3) is 0.333. The van der Waals surface area contributed by atoms with Gasteiger partial charge in [0.15, 0.2) is 0 Å². The van der Waals surface area contributed by atoms with Gasteiger partial charge in [0.05, 0.1) is 6.42 Å². The molecule has 0 saturated heterocycles. The molecule has 0 saturated carbocycles. The summed E-state index contributed by atoms with van der Waals surface area (Å²) in [5.74, 6) is -5.14. The Balaban J connectivity index is 2.69. The molecule has 0 aliphatic heterocycles. The van der Waals surface area contributed by atoms with Crippen LogP contribution in [0.25, 0.3) is 11.1 Å². The summed E-state index contributed by atoms with van der Waals surface area (Å²) in [4.78, 5) is 0. The van der Waals surface area contributed by atoms with Crippen LogP contribution < -0.4 is 0 Å². The zero-order valence-corrected chi connectivity index (χ0v) is 15.3. The minimum atomic E-state index is -5.83. The van der Waals surface area contributed by atoms with Crippen molar-refractivity contribution in [1.82, 2.24) is 0 Å². The highest BCUT2D eigenvalue weighted by Gasteiger charge is 2.58. The minimum absolute atomic E-state index is 0.0744. The highest BCUT2D eigenvalue weighted by molar-refractivity contribution is 9.10. The Bertz CT molecular complexity index is 821. The molecule has 1 radical (unpaired) electrons. The van der Waals surface area contributed by atoms with Gasteiger partial charge in [0.2, 0.25) is 0 Å². The van der Waals surface area contributed by atoms with Crippen molar-refractivity contribution in [2.75, 3.05) is 0 Å². The first kappa shape index (κ1) is 21.7. The van der Waals surface area contributed by atoms with Crippen molar-refractivity contribution in [2.45, 2.75) is 38.0 Å². The van der Waals surface area contributed by atoms with Crippen LogP contribution in [0.2, 0.25) is 0 Å². The highest BCUT2D eigenvalue weighted by atomic mass is 79.9. The Morgan fingerprint density at radius 2 is 1.56 bits per heavy atom. The molecule has 0 amide bonds. The lowest BCUT2D eigenvalue weighted by Crippen LogP contribution is -2.33. The normalized spacial score (nSPS) is 13.1. The zero-order valence-electron chi connectivity index (χ0n) is 13.7. The molecule has 27 heavy (non-hydrogen) atoms. The maximum Gasteiger partial charge on any atom is 0.458 e. The topological polar surface area (TPSA) is 0 Å². The lowest BCUT2D eigenvalue weighted by atomic mass is 9.92. The summed E-state index contributed by atoms with van der Waals surface area (Å²) in [6, 6.07) is 7.17. The van der Waals surface area contributed by atoms with E-state index in [-0.39, 0.29) is 21.2 Å². The molecule has 0 atom stereocenters. The van der Waals surface area contributed by atoms with Gasteiger partial charge in [0, 0.05) is 10.0 Å². The van der Waals surface area contributed by atoms with Gasteiger partial charge in [0.1, 0.15) is 0 Å². The van der Waals surface area contributed by atoms with Gasteiger partial charge in [-0.3, -0.25) is 0 Å². The summed E-state index contributed by atoms with van der Waals surface area (Å²) in [6.07, 6.45) is -11.4. The van der Waals surface area contributed by atoms with Crippen molar-refractivity contribution in [2.24, 2.45) is 0 Å². The summed E-state index contributed by atoms with van der Waals surface area (Å²) < 4.78 is 104. The van der Waals surface area contributed by atoms with Crippen molar-refractivity contribution in [1.29, 1.82) is 0 Å². The predicted molar refractivity (Wildman–Crippen MR) is 87.5 cm³/mol. The van der Waals surface area contributed by atoms with Crippen molar-refractivity contribution >= 4 is 15.9 Å². The standard InChI is InChI=1S/C18H12BrF8/c1-2-10-3-4-11(9-16(20,21)22)13(7-10)14-8-12(5-6-15(14)19)17(23,24)18(25,26)27/h4-8H,2,9H2,1H3. The van der Waals surface area contributed by atoms with E-state index < -0.39 is 30.3 Å². The Morgan fingerprint density at radius 1 is 0.926 bits per heavy atom. The van der Waals surface area contributed by atoms with Gasteiger partial charge in [-0.25, -0.2) is 0 Å². The van der Waals surface area contributed by atoms with E-state index >= 15 is 0 Å². The molecule has 2 aromatic rings. The fourth-order valence-corrected chi connectivity index (χ4v) is 2.93. The smallest absolute Gasteiger partial charge is 0.191 e. The molecule has 0 aliphatic rings. The Labute approximate surface area is 158 Å². The number of hydrogen-bond donors (Lipinski definition) is 0. The van der Waals surface area contributed by atoms with E-state index in [9.17, 15) is 35.1 Å². The number of hydrogen-bond acceptors (Lipinski definition) is 0. The van der Waals surface area contributed by atoms with Crippen molar-refractivity contribution in [3.8, 4) is 11.1 Å². The first-order valence-corrected chi connectivity index (χ1v) is 8.40. The summed E-state index contributed by atoms with van der Waals surface area (Å²) in [5, 5.41) is 0. The fourth-order valence-electron chi connectivity index (χ4n) is 2.47. The molecule has 0 aliphatic carbocycles. The maximum absolute atomic E-state index is 13.7.